The van der Waals surface area contributed by atoms with Gasteiger partial charge in [-0.05, 0) is 12.8 Å². The van der Waals surface area contributed by atoms with E-state index in [0.717, 1.165) is 18.5 Å². The van der Waals surface area contributed by atoms with Gasteiger partial charge in [-0.2, -0.15) is 0 Å². The Bertz CT molecular complexity index is 345. The van der Waals surface area contributed by atoms with Gasteiger partial charge in [-0.1, -0.05) is 13.8 Å². The molecule has 0 aromatic carbocycles. The van der Waals surface area contributed by atoms with Gasteiger partial charge in [-0.3, -0.25) is 4.79 Å². The Morgan fingerprint density at radius 3 is 2.53 bits per heavy atom. The molecule has 0 unspecified atom stereocenters. The lowest BCUT2D eigenvalue weighted by atomic mass is 10.2. The van der Waals surface area contributed by atoms with Gasteiger partial charge >= 0.3 is 0 Å². The first-order valence-corrected chi connectivity index (χ1v) is 5.40. The lowest BCUT2D eigenvalue weighted by molar-refractivity contribution is -0.120. The van der Waals surface area contributed by atoms with Gasteiger partial charge in [0.2, 0.25) is 5.91 Å². The third-order valence-corrected chi connectivity index (χ3v) is 2.47. The third-order valence-electron chi connectivity index (χ3n) is 2.47. The van der Waals surface area contributed by atoms with Crippen molar-refractivity contribution in [3.8, 4) is 0 Å². The molecule has 4 nitrogen and oxygen atoms in total. The van der Waals surface area contributed by atoms with E-state index in [-0.39, 0.29) is 12.9 Å². The second-order valence-electron chi connectivity index (χ2n) is 3.65. The molecule has 1 aromatic rings. The first-order chi connectivity index (χ1) is 7.14. The van der Waals surface area contributed by atoms with Crippen molar-refractivity contribution >= 4 is 5.91 Å². The van der Waals surface area contributed by atoms with Crippen LogP contribution in [0.5, 0.6) is 0 Å². The van der Waals surface area contributed by atoms with Crippen molar-refractivity contribution in [3.05, 3.63) is 18.2 Å². The van der Waals surface area contributed by atoms with E-state index < -0.39 is 0 Å². The number of carbonyl (C=O) groups excluding carboxylic acids is 1. The molecule has 1 aromatic heterocycles. The zero-order valence-electron chi connectivity index (χ0n) is 9.87. The Morgan fingerprint density at radius 1 is 1.60 bits per heavy atom. The van der Waals surface area contributed by atoms with E-state index in [4.69, 9.17) is 0 Å². The molecule has 0 bridgehead atoms. The van der Waals surface area contributed by atoms with Crippen LogP contribution in [0.15, 0.2) is 12.5 Å². The summed E-state index contributed by atoms with van der Waals surface area (Å²) in [7, 11) is 1.95. The summed E-state index contributed by atoms with van der Waals surface area (Å²) in [5, 5.41) is 2.97. The summed E-state index contributed by atoms with van der Waals surface area (Å²) in [4.78, 5) is 15.0. The minimum Gasteiger partial charge on any atom is -0.345 e. The number of imidazole rings is 1. The van der Waals surface area contributed by atoms with Gasteiger partial charge in [0.05, 0.1) is 23.8 Å². The van der Waals surface area contributed by atoms with Gasteiger partial charge in [0.15, 0.2) is 0 Å². The smallest absolute Gasteiger partial charge is 0.217 e. The Labute approximate surface area is 92.2 Å². The molecule has 0 saturated heterocycles. The molecule has 1 heterocycles. The molecular weight excluding hydrogens is 190 g/mol. The fraction of sp³-hybridized carbons (Fsp3) is 0.636. The maximum absolute atomic E-state index is 11.0. The maximum Gasteiger partial charge on any atom is 0.217 e. The molecule has 86 valence electrons. The minimum atomic E-state index is -0.114. The van der Waals surface area contributed by atoms with E-state index in [9.17, 15) is 4.79 Å². The summed E-state index contributed by atoms with van der Waals surface area (Å²) >= 11 is 0. The number of hydrogen-bond donors (Lipinski definition) is 1. The van der Waals surface area contributed by atoms with Crippen molar-refractivity contribution in [1.82, 2.24) is 14.9 Å². The Balaban J connectivity index is 0.000000711. The van der Waals surface area contributed by atoms with E-state index in [1.165, 1.54) is 0 Å². The number of amides is 1. The highest BCUT2D eigenvalue weighted by molar-refractivity contribution is 5.74. The molecular formula is C11H21N3O. The van der Waals surface area contributed by atoms with Crippen LogP contribution in [0, 0.1) is 0 Å². The monoisotopic (exact) mass is 211 g/mol. The van der Waals surface area contributed by atoms with E-state index in [0.29, 0.717) is 0 Å². The number of carbonyl (C=O) groups is 1. The number of aromatic nitrogens is 2. The molecule has 0 spiro atoms. The zero-order valence-corrected chi connectivity index (χ0v) is 9.87. The van der Waals surface area contributed by atoms with Crippen LogP contribution in [0.3, 0.4) is 0 Å². The second-order valence-corrected chi connectivity index (χ2v) is 3.65. The average molecular weight is 211 g/mol. The van der Waals surface area contributed by atoms with Crippen molar-refractivity contribution in [2.75, 3.05) is 0 Å². The SMILES string of the molecule is CC.CC(=O)NC1(c2cncn2C)CC1.[HH]. The molecule has 1 aliphatic rings. The lowest BCUT2D eigenvalue weighted by Crippen LogP contribution is -2.34. The lowest BCUT2D eigenvalue weighted by Gasteiger charge is -2.16. The Kier molecular flexibility index (Phi) is 3.50. The van der Waals surface area contributed by atoms with Crippen LogP contribution in [-0.4, -0.2) is 15.5 Å². The third kappa shape index (κ3) is 2.37. The van der Waals surface area contributed by atoms with Crippen molar-refractivity contribution in [1.29, 1.82) is 0 Å². The molecule has 0 radical (unpaired) electrons. The standard InChI is InChI=1S/C9H13N3O.C2H6.H2/c1-7(13)11-9(3-4-9)8-5-10-6-12(8)2;1-2;/h5-6H,3-4H2,1-2H3,(H,11,13);1-2H3;1H. The summed E-state index contributed by atoms with van der Waals surface area (Å²) in [6.07, 6.45) is 5.62. The molecule has 1 N–H and O–H groups in total. The zero-order chi connectivity index (χ0) is 11.5. The topological polar surface area (TPSA) is 46.9 Å². The highest BCUT2D eigenvalue weighted by Crippen LogP contribution is 2.44. The number of hydrogen-bond acceptors (Lipinski definition) is 2. The highest BCUT2D eigenvalue weighted by atomic mass is 16.1. The average Bonchev–Trinajstić information content (AvgIpc) is 2.82. The van der Waals surface area contributed by atoms with Gasteiger partial charge in [0, 0.05) is 15.4 Å². The van der Waals surface area contributed by atoms with Crippen LogP contribution >= 0.6 is 0 Å². The molecule has 1 amide bonds. The Hall–Kier alpha value is -1.32. The number of nitrogens with one attached hydrogen (secondary N) is 1. The quantitative estimate of drug-likeness (QED) is 0.811. The Morgan fingerprint density at radius 2 is 2.20 bits per heavy atom. The maximum atomic E-state index is 11.0. The molecule has 15 heavy (non-hydrogen) atoms. The highest BCUT2D eigenvalue weighted by Gasteiger charge is 2.47. The molecule has 0 aliphatic heterocycles. The normalized spacial score (nSPS) is 16.3. The van der Waals surface area contributed by atoms with Crippen molar-refractivity contribution in [2.24, 2.45) is 7.05 Å². The van der Waals surface area contributed by atoms with E-state index in [1.807, 2.05) is 31.7 Å². The minimum absolute atomic E-state index is 0. The number of nitrogens with zero attached hydrogens (tertiary/aromatic N) is 2. The van der Waals surface area contributed by atoms with Crippen molar-refractivity contribution in [3.63, 3.8) is 0 Å². The van der Waals surface area contributed by atoms with Gasteiger partial charge in [0.25, 0.3) is 0 Å². The fourth-order valence-electron chi connectivity index (χ4n) is 1.73. The predicted molar refractivity (Wildman–Crippen MR) is 61.4 cm³/mol. The first kappa shape index (κ1) is 11.8. The predicted octanol–water partition coefficient (Wildman–Crippen LogP) is 1.82. The molecule has 2 rings (SSSR count). The van der Waals surface area contributed by atoms with Crippen LogP contribution in [0.2, 0.25) is 0 Å². The summed E-state index contributed by atoms with van der Waals surface area (Å²) in [5.74, 6) is 0.0266. The molecule has 1 saturated carbocycles. The van der Waals surface area contributed by atoms with Crippen molar-refractivity contribution < 1.29 is 6.22 Å². The van der Waals surface area contributed by atoms with Crippen LogP contribution in [-0.2, 0) is 17.4 Å². The molecule has 0 atom stereocenters. The van der Waals surface area contributed by atoms with Gasteiger partial charge in [-0.25, -0.2) is 4.98 Å². The molecule has 1 aliphatic carbocycles. The van der Waals surface area contributed by atoms with Crippen molar-refractivity contribution in [2.45, 2.75) is 39.2 Å². The summed E-state index contributed by atoms with van der Waals surface area (Å²) in [5.41, 5.74) is 0.986. The number of rotatable bonds is 2. The van der Waals surface area contributed by atoms with Crippen LogP contribution in [0.4, 0.5) is 0 Å². The summed E-state index contributed by atoms with van der Waals surface area (Å²) in [6.45, 7) is 5.55. The van der Waals surface area contributed by atoms with Crippen LogP contribution < -0.4 is 5.32 Å². The fourth-order valence-corrected chi connectivity index (χ4v) is 1.73. The van der Waals surface area contributed by atoms with Crippen LogP contribution in [0.25, 0.3) is 0 Å². The van der Waals surface area contributed by atoms with E-state index in [2.05, 4.69) is 10.3 Å². The van der Waals surface area contributed by atoms with Gasteiger partial charge in [0.1, 0.15) is 0 Å². The largest absolute Gasteiger partial charge is 0.345 e. The van der Waals surface area contributed by atoms with Gasteiger partial charge in [-0.15, -0.1) is 0 Å². The summed E-state index contributed by atoms with van der Waals surface area (Å²) in [6, 6.07) is 0. The van der Waals surface area contributed by atoms with Gasteiger partial charge < -0.3 is 9.88 Å². The van der Waals surface area contributed by atoms with E-state index >= 15 is 0 Å². The number of aryl methyl sites for hydroxylation is 1. The molecule has 1 fully saturated rings. The molecule has 4 heteroatoms. The van der Waals surface area contributed by atoms with Crippen LogP contribution in [0.1, 0.15) is 40.7 Å². The van der Waals surface area contributed by atoms with E-state index in [1.54, 1.807) is 13.3 Å². The second kappa shape index (κ2) is 4.47. The first-order valence-electron chi connectivity index (χ1n) is 5.40. The summed E-state index contributed by atoms with van der Waals surface area (Å²) < 4.78 is 1.96.